The maximum absolute atomic E-state index is 12.2. The number of carbonyl (C=O) groups excluding carboxylic acids is 1. The number of halogens is 1. The van der Waals surface area contributed by atoms with E-state index in [2.05, 4.69) is 32.6 Å². The normalized spacial score (nSPS) is 12.8. The first-order valence-electron chi connectivity index (χ1n) is 8.34. The minimum Gasteiger partial charge on any atom is -0.322 e. The molecule has 0 radical (unpaired) electrons. The van der Waals surface area contributed by atoms with Gasteiger partial charge >= 0.3 is 0 Å². The Morgan fingerprint density at radius 3 is 2.12 bits per heavy atom. The molecule has 0 bridgehead atoms. The smallest absolute Gasteiger partial charge is 0.255 e. The number of nitrogens with one attached hydrogen (secondary N) is 2. The maximum Gasteiger partial charge on any atom is 0.255 e. The lowest BCUT2D eigenvalue weighted by molar-refractivity contribution is 0.102. The molecule has 0 fully saturated rings. The molecule has 1 unspecified atom stereocenters. The van der Waals surface area contributed by atoms with Crippen LogP contribution in [-0.2, 0) is 10.0 Å². The molecule has 0 saturated heterocycles. The Labute approximate surface area is 168 Å². The highest BCUT2D eigenvalue weighted by Crippen LogP contribution is 2.19. The fourth-order valence-corrected chi connectivity index (χ4v) is 3.40. The van der Waals surface area contributed by atoms with Crippen LogP contribution >= 0.6 is 22.6 Å². The van der Waals surface area contributed by atoms with Gasteiger partial charge in [-0.2, -0.15) is 0 Å². The number of hydrogen-bond donors (Lipinski definition) is 2. The molecule has 0 aliphatic heterocycles. The van der Waals surface area contributed by atoms with Gasteiger partial charge in [0, 0.05) is 21.4 Å². The second kappa shape index (κ2) is 8.96. The molecule has 0 aliphatic carbocycles. The van der Waals surface area contributed by atoms with Crippen molar-refractivity contribution in [2.45, 2.75) is 31.9 Å². The first kappa shape index (κ1) is 20.9. The summed E-state index contributed by atoms with van der Waals surface area (Å²) < 4.78 is 27.4. The molecule has 0 heterocycles. The van der Waals surface area contributed by atoms with Crippen LogP contribution in [0.2, 0.25) is 0 Å². The van der Waals surface area contributed by atoms with Gasteiger partial charge in [-0.25, -0.2) is 13.1 Å². The molecule has 0 aliphatic rings. The van der Waals surface area contributed by atoms with Crippen LogP contribution in [-0.4, -0.2) is 26.1 Å². The van der Waals surface area contributed by atoms with Crippen LogP contribution < -0.4 is 10.0 Å². The molecule has 0 saturated carbocycles. The number of carbonyl (C=O) groups is 1. The van der Waals surface area contributed by atoms with Crippen molar-refractivity contribution in [3.63, 3.8) is 0 Å². The maximum atomic E-state index is 12.2. The first-order valence-corrected chi connectivity index (χ1v) is 11.0. The first-order chi connectivity index (χ1) is 12.2. The molecule has 0 aromatic heterocycles. The largest absolute Gasteiger partial charge is 0.322 e. The minimum atomic E-state index is -3.27. The molecule has 0 spiro atoms. The Morgan fingerprint density at radius 2 is 1.58 bits per heavy atom. The average Bonchev–Trinajstić information content (AvgIpc) is 2.60. The summed E-state index contributed by atoms with van der Waals surface area (Å²) in [5, 5.41) is 2.41. The molecule has 2 rings (SSSR count). The predicted molar refractivity (Wildman–Crippen MR) is 114 cm³/mol. The third kappa shape index (κ3) is 5.78. The van der Waals surface area contributed by atoms with Gasteiger partial charge in [-0.1, -0.05) is 19.1 Å². The van der Waals surface area contributed by atoms with E-state index in [4.69, 9.17) is 0 Å². The number of anilines is 1. The molecule has 2 aromatic rings. The Bertz CT molecular complexity index is 847. The van der Waals surface area contributed by atoms with E-state index < -0.39 is 15.3 Å². The van der Waals surface area contributed by atoms with Gasteiger partial charge in [0.1, 0.15) is 0 Å². The zero-order valence-corrected chi connectivity index (χ0v) is 18.0. The Hall–Kier alpha value is -1.45. The van der Waals surface area contributed by atoms with Crippen LogP contribution in [0.25, 0.3) is 0 Å². The third-order valence-corrected chi connectivity index (χ3v) is 6.58. The van der Waals surface area contributed by atoms with Crippen molar-refractivity contribution in [2.24, 2.45) is 0 Å². The summed E-state index contributed by atoms with van der Waals surface area (Å²) in [6.07, 6.45) is 0. The number of sulfonamides is 1. The van der Waals surface area contributed by atoms with Crippen molar-refractivity contribution in [1.29, 1.82) is 0 Å². The van der Waals surface area contributed by atoms with E-state index in [1.54, 1.807) is 26.0 Å². The molecule has 1 atom stereocenters. The highest BCUT2D eigenvalue weighted by molar-refractivity contribution is 14.1. The van der Waals surface area contributed by atoms with Crippen molar-refractivity contribution in [3.05, 3.63) is 63.2 Å². The second-order valence-corrected chi connectivity index (χ2v) is 9.99. The van der Waals surface area contributed by atoms with Gasteiger partial charge in [-0.05, 0) is 84.3 Å². The summed E-state index contributed by atoms with van der Waals surface area (Å²) in [5.74, 6) is -0.128. The minimum absolute atomic E-state index is 0.0319. The fourth-order valence-electron chi connectivity index (χ4n) is 2.23. The van der Waals surface area contributed by atoms with E-state index in [9.17, 15) is 13.2 Å². The van der Waals surface area contributed by atoms with Gasteiger partial charge in [0.15, 0.2) is 0 Å². The summed E-state index contributed by atoms with van der Waals surface area (Å²) in [6, 6.07) is 14.8. The molecule has 26 heavy (non-hydrogen) atoms. The Morgan fingerprint density at radius 1 is 1.00 bits per heavy atom. The van der Waals surface area contributed by atoms with Crippen LogP contribution in [0.4, 0.5) is 5.69 Å². The highest BCUT2D eigenvalue weighted by Gasteiger charge is 2.17. The van der Waals surface area contributed by atoms with E-state index in [0.29, 0.717) is 17.8 Å². The zero-order chi connectivity index (χ0) is 19.3. The Balaban J connectivity index is 1.97. The van der Waals surface area contributed by atoms with Crippen molar-refractivity contribution >= 4 is 44.2 Å². The lowest BCUT2D eigenvalue weighted by atomic mass is 10.0. The van der Waals surface area contributed by atoms with E-state index in [-0.39, 0.29) is 11.8 Å². The van der Waals surface area contributed by atoms with E-state index in [1.807, 2.05) is 43.3 Å². The molecule has 2 N–H and O–H groups in total. The van der Waals surface area contributed by atoms with Crippen LogP contribution in [0.15, 0.2) is 48.5 Å². The van der Waals surface area contributed by atoms with Gasteiger partial charge in [-0.3, -0.25) is 4.79 Å². The molecular weight excluding hydrogens is 463 g/mol. The third-order valence-electron chi connectivity index (χ3n) is 4.06. The van der Waals surface area contributed by atoms with Crippen molar-refractivity contribution < 1.29 is 13.2 Å². The van der Waals surface area contributed by atoms with Crippen LogP contribution in [0, 0.1) is 3.57 Å². The van der Waals surface area contributed by atoms with Gasteiger partial charge < -0.3 is 5.32 Å². The van der Waals surface area contributed by atoms with Gasteiger partial charge in [0.2, 0.25) is 10.0 Å². The topological polar surface area (TPSA) is 75.3 Å². The fraction of sp³-hybridized carbons (Fsp3) is 0.316. The van der Waals surface area contributed by atoms with Gasteiger partial charge in [-0.15, -0.1) is 0 Å². The molecule has 5 nitrogen and oxygen atoms in total. The van der Waals surface area contributed by atoms with E-state index >= 15 is 0 Å². The summed E-state index contributed by atoms with van der Waals surface area (Å²) in [4.78, 5) is 12.2. The van der Waals surface area contributed by atoms with E-state index in [0.717, 1.165) is 9.13 Å². The van der Waals surface area contributed by atoms with Crippen LogP contribution in [0.3, 0.4) is 0 Å². The van der Waals surface area contributed by atoms with Crippen molar-refractivity contribution in [1.82, 2.24) is 4.72 Å². The predicted octanol–water partition coefficient (Wildman–Crippen LogP) is 3.97. The summed E-state index contributed by atoms with van der Waals surface area (Å²) in [5.41, 5.74) is 2.31. The summed E-state index contributed by atoms with van der Waals surface area (Å²) >= 11 is 2.19. The van der Waals surface area contributed by atoms with Gasteiger partial charge in [0.25, 0.3) is 5.91 Å². The second-order valence-electron chi connectivity index (χ2n) is 6.43. The number of amides is 1. The highest BCUT2D eigenvalue weighted by atomic mass is 127. The molecule has 140 valence electrons. The molecule has 1 amide bonds. The van der Waals surface area contributed by atoms with Crippen molar-refractivity contribution in [3.8, 4) is 0 Å². The summed E-state index contributed by atoms with van der Waals surface area (Å²) in [7, 11) is -3.27. The Kier molecular flexibility index (Phi) is 7.19. The summed E-state index contributed by atoms with van der Waals surface area (Å²) in [6.45, 7) is 5.60. The number of benzene rings is 2. The number of hydrogen-bond acceptors (Lipinski definition) is 3. The molecular formula is C19H23IN2O3S. The number of rotatable bonds is 7. The van der Waals surface area contributed by atoms with Gasteiger partial charge in [0.05, 0.1) is 5.25 Å². The molecule has 2 aromatic carbocycles. The van der Waals surface area contributed by atoms with Crippen LogP contribution in [0.1, 0.15) is 42.6 Å². The lowest BCUT2D eigenvalue weighted by Crippen LogP contribution is -2.33. The monoisotopic (exact) mass is 486 g/mol. The average molecular weight is 486 g/mol. The SMILES string of the molecule is CC(CNS(=O)(=O)C(C)C)c1ccc(NC(=O)c2ccc(I)cc2)cc1. The molecule has 7 heteroatoms. The van der Waals surface area contributed by atoms with Crippen LogP contribution in [0.5, 0.6) is 0 Å². The quantitative estimate of drug-likeness (QED) is 0.582. The zero-order valence-electron chi connectivity index (χ0n) is 15.0. The van der Waals surface area contributed by atoms with Crippen molar-refractivity contribution in [2.75, 3.05) is 11.9 Å². The van der Waals surface area contributed by atoms with E-state index in [1.165, 1.54) is 0 Å². The standard InChI is InChI=1S/C19H23IN2O3S/c1-13(2)26(24,25)21-12-14(3)15-6-10-18(11-7-15)22-19(23)16-4-8-17(20)9-5-16/h4-11,13-14,21H,12H2,1-3H3,(H,22,23). The lowest BCUT2D eigenvalue weighted by Gasteiger charge is -2.15.